The number of imidazole rings is 1. The predicted octanol–water partition coefficient (Wildman–Crippen LogP) is 2.11. The van der Waals surface area contributed by atoms with Gasteiger partial charge in [-0.25, -0.2) is 31.5 Å². The molecule has 0 saturated heterocycles. The van der Waals surface area contributed by atoms with Gasteiger partial charge in [0.1, 0.15) is 23.5 Å². The summed E-state index contributed by atoms with van der Waals surface area (Å²) in [5, 5.41) is 0. The van der Waals surface area contributed by atoms with Crippen LogP contribution in [0.4, 0.5) is 8.78 Å². The molecule has 4 rings (SSSR count). The molecule has 10 heteroatoms. The van der Waals surface area contributed by atoms with Crippen molar-refractivity contribution in [3.8, 4) is 5.69 Å². The largest absolute Gasteiger partial charge is 0.369 e. The van der Waals surface area contributed by atoms with Gasteiger partial charge in [0, 0.05) is 24.4 Å². The number of sulfonamides is 1. The van der Waals surface area contributed by atoms with Crippen molar-refractivity contribution in [1.82, 2.24) is 13.9 Å². The van der Waals surface area contributed by atoms with E-state index in [0.29, 0.717) is 16.7 Å². The zero-order valence-electron chi connectivity index (χ0n) is 15.1. The van der Waals surface area contributed by atoms with E-state index in [9.17, 15) is 17.2 Å². The van der Waals surface area contributed by atoms with E-state index in [4.69, 9.17) is 5.73 Å². The second-order valence-electron chi connectivity index (χ2n) is 6.88. The van der Waals surface area contributed by atoms with Crippen LogP contribution in [0.15, 0.2) is 47.7 Å². The van der Waals surface area contributed by atoms with E-state index in [-0.39, 0.29) is 11.5 Å². The Morgan fingerprint density at radius 2 is 1.93 bits per heavy atom. The highest BCUT2D eigenvalue weighted by molar-refractivity contribution is 7.89. The quantitative estimate of drug-likeness (QED) is 0.707. The number of aliphatic imine (C=N–C) groups is 1. The number of halogens is 2. The van der Waals surface area contributed by atoms with Crippen molar-refractivity contribution in [1.29, 1.82) is 0 Å². The van der Waals surface area contributed by atoms with Crippen LogP contribution in [0, 0.1) is 11.6 Å². The molecule has 0 unspecified atom stereocenters. The van der Waals surface area contributed by atoms with Gasteiger partial charge in [-0.3, -0.25) is 4.57 Å². The molecule has 0 spiro atoms. The van der Waals surface area contributed by atoms with E-state index in [1.165, 1.54) is 50.6 Å². The lowest BCUT2D eigenvalue weighted by atomic mass is 9.93. The van der Waals surface area contributed by atoms with Crippen LogP contribution in [0.5, 0.6) is 0 Å². The van der Waals surface area contributed by atoms with E-state index in [0.717, 1.165) is 4.31 Å². The second-order valence-corrected chi connectivity index (χ2v) is 8.88. The highest BCUT2D eigenvalue weighted by Gasteiger charge is 2.41. The van der Waals surface area contributed by atoms with Gasteiger partial charge in [0.05, 0.1) is 16.8 Å². The molecule has 0 saturated carbocycles. The Kier molecular flexibility index (Phi) is 3.93. The molecule has 1 aliphatic heterocycles. The normalized spacial score (nSPS) is 21.7. The highest BCUT2D eigenvalue weighted by atomic mass is 32.2. The minimum absolute atomic E-state index is 0.0913. The molecular weight excluding hydrogens is 388 g/mol. The first-order valence-corrected chi connectivity index (χ1v) is 9.97. The first-order valence-electron chi connectivity index (χ1n) is 8.36. The third-order valence-electron chi connectivity index (χ3n) is 4.88. The predicted molar refractivity (Wildman–Crippen MR) is 102 cm³/mol. The van der Waals surface area contributed by atoms with Gasteiger partial charge in [-0.15, -0.1) is 0 Å². The summed E-state index contributed by atoms with van der Waals surface area (Å²) in [5.74, 6) is -1.64. The Hall–Kier alpha value is -3.01. The van der Waals surface area contributed by atoms with E-state index < -0.39 is 32.9 Å². The number of nitrogens with two attached hydrogens (primary N) is 1. The lowest BCUT2D eigenvalue weighted by molar-refractivity contribution is 0.458. The molecule has 1 atom stereocenters. The lowest BCUT2D eigenvalue weighted by Crippen LogP contribution is -2.50. The molecule has 2 N–H and O–H groups in total. The monoisotopic (exact) mass is 405 g/mol. The van der Waals surface area contributed by atoms with Crippen molar-refractivity contribution in [2.75, 3.05) is 12.8 Å². The molecule has 3 aromatic rings. The molecule has 2 heterocycles. The minimum atomic E-state index is -3.74. The third-order valence-corrected chi connectivity index (χ3v) is 6.83. The van der Waals surface area contributed by atoms with E-state index in [1.54, 1.807) is 10.6 Å². The number of hydrogen-bond acceptors (Lipinski definition) is 5. The van der Waals surface area contributed by atoms with E-state index in [2.05, 4.69) is 9.98 Å². The Balaban J connectivity index is 1.88. The number of guanidine groups is 1. The van der Waals surface area contributed by atoms with Gasteiger partial charge in [-0.2, -0.15) is 0 Å². The summed E-state index contributed by atoms with van der Waals surface area (Å²) in [6, 6.07) is 8.45. The fourth-order valence-corrected chi connectivity index (χ4v) is 4.81. The second kappa shape index (κ2) is 5.99. The van der Waals surface area contributed by atoms with Crippen molar-refractivity contribution >= 4 is 27.0 Å². The Morgan fingerprint density at radius 3 is 2.64 bits per heavy atom. The minimum Gasteiger partial charge on any atom is -0.369 e. The smallest absolute Gasteiger partial charge is 0.239 e. The van der Waals surface area contributed by atoms with Gasteiger partial charge >= 0.3 is 0 Å². The summed E-state index contributed by atoms with van der Waals surface area (Å²) in [4.78, 5) is 8.41. The topological polar surface area (TPSA) is 93.6 Å². The number of fused-ring (bicyclic) bond motifs is 1. The molecule has 0 radical (unpaired) electrons. The maximum absolute atomic E-state index is 14.7. The number of benzene rings is 2. The van der Waals surface area contributed by atoms with E-state index >= 15 is 0 Å². The maximum Gasteiger partial charge on any atom is 0.239 e. The van der Waals surface area contributed by atoms with Crippen LogP contribution in [0.3, 0.4) is 0 Å². The number of aromatic nitrogens is 2. The molecule has 1 aliphatic rings. The van der Waals surface area contributed by atoms with Crippen LogP contribution < -0.4 is 5.73 Å². The summed E-state index contributed by atoms with van der Waals surface area (Å²) < 4.78 is 55.5. The zero-order chi connectivity index (χ0) is 20.3. The summed E-state index contributed by atoms with van der Waals surface area (Å²) in [6.07, 6.45) is 1.49. The summed E-state index contributed by atoms with van der Waals surface area (Å²) in [5.41, 5.74) is 6.07. The summed E-state index contributed by atoms with van der Waals surface area (Å²) in [6.45, 7) is 1.52. The van der Waals surface area contributed by atoms with Gasteiger partial charge in [-0.1, -0.05) is 0 Å². The van der Waals surface area contributed by atoms with Crippen LogP contribution in [0.25, 0.3) is 16.7 Å². The average molecular weight is 405 g/mol. The first-order chi connectivity index (χ1) is 13.1. The number of hydrogen-bond donors (Lipinski definition) is 1. The van der Waals surface area contributed by atoms with Crippen LogP contribution in [0.1, 0.15) is 12.5 Å². The van der Waals surface area contributed by atoms with Gasteiger partial charge in [0.15, 0.2) is 0 Å². The molecular formula is C18H17F2N5O2S. The molecule has 2 aromatic carbocycles. The van der Waals surface area contributed by atoms with Gasteiger partial charge in [0.2, 0.25) is 16.0 Å². The molecule has 28 heavy (non-hydrogen) atoms. The highest BCUT2D eigenvalue weighted by Crippen LogP contribution is 2.35. The van der Waals surface area contributed by atoms with Gasteiger partial charge in [-0.05, 0) is 37.3 Å². The standard InChI is InChI=1S/C18H17F2N5O2S/c1-18(9-28(26,27)24(2)17(21)23-18)13-8-12(4-5-14(13)20)25-10-22-15-7-11(19)3-6-16(15)25/h3-8,10H,9H2,1-2H3,(H2,21,23)/t18-/m0/s1. The van der Waals surface area contributed by atoms with Crippen molar-refractivity contribution in [3.63, 3.8) is 0 Å². The third kappa shape index (κ3) is 2.80. The maximum atomic E-state index is 14.7. The lowest BCUT2D eigenvalue weighted by Gasteiger charge is -2.34. The number of rotatable bonds is 2. The summed E-state index contributed by atoms with van der Waals surface area (Å²) in [7, 11) is -2.44. The molecule has 0 fully saturated rings. The van der Waals surface area contributed by atoms with Crippen molar-refractivity contribution in [2.45, 2.75) is 12.5 Å². The zero-order valence-corrected chi connectivity index (χ0v) is 15.9. The fourth-order valence-electron chi connectivity index (χ4n) is 3.36. The Bertz CT molecular complexity index is 1240. The molecule has 1 aromatic heterocycles. The summed E-state index contributed by atoms with van der Waals surface area (Å²) >= 11 is 0. The van der Waals surface area contributed by atoms with Gasteiger partial charge < -0.3 is 5.73 Å². The number of nitrogens with zero attached hydrogens (tertiary/aromatic N) is 4. The molecule has 146 valence electrons. The molecule has 0 bridgehead atoms. The first kappa shape index (κ1) is 18.4. The van der Waals surface area contributed by atoms with Gasteiger partial charge in [0.25, 0.3) is 0 Å². The van der Waals surface area contributed by atoms with E-state index in [1.807, 2.05) is 0 Å². The van der Waals surface area contributed by atoms with Crippen LogP contribution in [-0.4, -0.2) is 41.0 Å². The van der Waals surface area contributed by atoms with Crippen molar-refractivity contribution < 1.29 is 17.2 Å². The van der Waals surface area contributed by atoms with Crippen LogP contribution >= 0.6 is 0 Å². The van der Waals surface area contributed by atoms with Crippen LogP contribution in [-0.2, 0) is 15.6 Å². The molecule has 0 amide bonds. The van der Waals surface area contributed by atoms with Crippen molar-refractivity contribution in [2.24, 2.45) is 10.7 Å². The molecule has 0 aliphatic carbocycles. The van der Waals surface area contributed by atoms with Crippen LogP contribution in [0.2, 0.25) is 0 Å². The SMILES string of the molecule is CN1C(N)=N[C@](C)(c2cc(-n3cnc4cc(F)ccc43)ccc2F)CS1(=O)=O. The fraction of sp³-hybridized carbons (Fsp3) is 0.222. The Morgan fingerprint density at radius 1 is 1.18 bits per heavy atom. The molecule has 7 nitrogen and oxygen atoms in total. The average Bonchev–Trinajstić information content (AvgIpc) is 3.02. The Labute approximate surface area is 160 Å². The van der Waals surface area contributed by atoms with Crippen molar-refractivity contribution in [3.05, 3.63) is 59.9 Å².